The Morgan fingerprint density at radius 2 is 2.04 bits per heavy atom. The Morgan fingerprint density at radius 3 is 2.60 bits per heavy atom. The first kappa shape index (κ1) is 19.1. The number of carbonyl (C=O) groups is 2. The number of hydrogen-bond acceptors (Lipinski definition) is 8. The first-order chi connectivity index (χ1) is 11.9. The zero-order valence-corrected chi connectivity index (χ0v) is 13.8. The molecule has 0 aliphatic carbocycles. The molecule has 4 N–H and O–H groups in total. The van der Waals surface area contributed by atoms with E-state index in [0.29, 0.717) is 11.8 Å². The number of benzene rings is 1. The van der Waals surface area contributed by atoms with E-state index in [1.165, 1.54) is 32.2 Å². The Hall–Kier alpha value is -2.20. The number of amides is 1. The normalized spacial score (nSPS) is 28.9. The topological polar surface area (TPSA) is 135 Å². The fourth-order valence-corrected chi connectivity index (χ4v) is 2.55. The van der Waals surface area contributed by atoms with E-state index in [1.807, 2.05) is 0 Å². The van der Waals surface area contributed by atoms with Crippen molar-refractivity contribution in [3.63, 3.8) is 0 Å². The van der Waals surface area contributed by atoms with Crippen molar-refractivity contribution in [3.8, 4) is 11.5 Å². The lowest BCUT2D eigenvalue weighted by atomic mass is 9.97. The highest BCUT2D eigenvalue weighted by Crippen LogP contribution is 2.31. The van der Waals surface area contributed by atoms with E-state index in [2.05, 4.69) is 5.32 Å². The summed E-state index contributed by atoms with van der Waals surface area (Å²) in [5, 5.41) is 32.0. The first-order valence-electron chi connectivity index (χ1n) is 7.60. The SMILES string of the molecule is COc1cc(C=O)ccc1O[C@@H]1O[C@H](CO)[C@@H](O)[C@H](O)[C@@H]1NC(C)=O. The van der Waals surface area contributed by atoms with Crippen LogP contribution in [0.2, 0.25) is 0 Å². The van der Waals surface area contributed by atoms with Gasteiger partial charge in [-0.25, -0.2) is 0 Å². The van der Waals surface area contributed by atoms with Crippen LogP contribution in [0.15, 0.2) is 18.2 Å². The maximum absolute atomic E-state index is 11.4. The molecule has 0 spiro atoms. The number of nitrogens with one attached hydrogen (secondary N) is 1. The van der Waals surface area contributed by atoms with Crippen LogP contribution in [0.25, 0.3) is 0 Å². The monoisotopic (exact) mass is 355 g/mol. The highest BCUT2D eigenvalue weighted by atomic mass is 16.7. The standard InChI is InChI=1S/C16H21NO8/c1-8(20)17-13-15(22)14(21)12(7-19)25-16(13)24-10-4-3-9(6-18)5-11(10)23-2/h3-6,12-16,19,21-22H,7H2,1-2H3,(H,17,20)/t12-,13+,14-,15-,16-/m1/s1. The molecule has 0 aromatic heterocycles. The third-order valence-electron chi connectivity index (χ3n) is 3.82. The van der Waals surface area contributed by atoms with Crippen molar-refractivity contribution in [3.05, 3.63) is 23.8 Å². The molecule has 0 radical (unpaired) electrons. The van der Waals surface area contributed by atoms with Crippen molar-refractivity contribution < 1.29 is 39.1 Å². The summed E-state index contributed by atoms with van der Waals surface area (Å²) in [6.07, 6.45) is -4.47. The largest absolute Gasteiger partial charge is 0.493 e. The van der Waals surface area contributed by atoms with Crippen LogP contribution in [-0.4, -0.2) is 71.9 Å². The molecule has 1 aromatic carbocycles. The molecule has 0 unspecified atom stereocenters. The smallest absolute Gasteiger partial charge is 0.223 e. The summed E-state index contributed by atoms with van der Waals surface area (Å²) in [6.45, 7) is 0.694. The van der Waals surface area contributed by atoms with Gasteiger partial charge in [0.1, 0.15) is 30.6 Å². The summed E-state index contributed by atoms with van der Waals surface area (Å²) in [6, 6.07) is 3.34. The van der Waals surface area contributed by atoms with Crippen molar-refractivity contribution in [2.75, 3.05) is 13.7 Å². The molecule has 1 aliphatic heterocycles. The maximum Gasteiger partial charge on any atom is 0.223 e. The van der Waals surface area contributed by atoms with Crippen LogP contribution in [0.4, 0.5) is 0 Å². The number of hydrogen-bond donors (Lipinski definition) is 4. The van der Waals surface area contributed by atoms with Gasteiger partial charge in [-0.05, 0) is 18.2 Å². The zero-order chi connectivity index (χ0) is 18.6. The molecule has 1 fully saturated rings. The molecule has 9 heteroatoms. The van der Waals surface area contributed by atoms with Crippen molar-refractivity contribution in [1.29, 1.82) is 0 Å². The summed E-state index contributed by atoms with van der Waals surface area (Å²) in [5.74, 6) is -0.0103. The summed E-state index contributed by atoms with van der Waals surface area (Å²) in [5.41, 5.74) is 0.371. The number of ether oxygens (including phenoxy) is 3. The molecular weight excluding hydrogens is 334 g/mol. The minimum Gasteiger partial charge on any atom is -0.493 e. The predicted octanol–water partition coefficient (Wildman–Crippen LogP) is -1.17. The summed E-state index contributed by atoms with van der Waals surface area (Å²) >= 11 is 0. The summed E-state index contributed by atoms with van der Waals surface area (Å²) in [7, 11) is 1.39. The molecule has 9 nitrogen and oxygen atoms in total. The molecule has 1 heterocycles. The molecular formula is C16H21NO8. The average Bonchev–Trinajstić information content (AvgIpc) is 2.61. The van der Waals surface area contributed by atoms with Gasteiger partial charge in [0, 0.05) is 12.5 Å². The van der Waals surface area contributed by atoms with E-state index >= 15 is 0 Å². The third kappa shape index (κ3) is 4.26. The lowest BCUT2D eigenvalue weighted by Crippen LogP contribution is -2.65. The van der Waals surface area contributed by atoms with Gasteiger partial charge in [-0.2, -0.15) is 0 Å². The number of aliphatic hydroxyl groups excluding tert-OH is 3. The van der Waals surface area contributed by atoms with Crippen LogP contribution in [0.1, 0.15) is 17.3 Å². The number of aldehydes is 1. The van der Waals surface area contributed by atoms with Gasteiger partial charge in [0.2, 0.25) is 12.2 Å². The molecule has 1 saturated heterocycles. The molecule has 138 valence electrons. The quantitative estimate of drug-likeness (QED) is 0.469. The summed E-state index contributed by atoms with van der Waals surface area (Å²) in [4.78, 5) is 22.2. The third-order valence-corrected chi connectivity index (χ3v) is 3.82. The lowest BCUT2D eigenvalue weighted by Gasteiger charge is -2.42. The number of methoxy groups -OCH3 is 1. The zero-order valence-electron chi connectivity index (χ0n) is 13.8. The molecule has 2 rings (SSSR count). The van der Waals surface area contributed by atoms with Crippen LogP contribution < -0.4 is 14.8 Å². The minimum absolute atomic E-state index is 0.203. The maximum atomic E-state index is 11.4. The average molecular weight is 355 g/mol. The van der Waals surface area contributed by atoms with Crippen LogP contribution in [0.5, 0.6) is 11.5 Å². The highest BCUT2D eigenvalue weighted by Gasteiger charge is 2.46. The molecule has 5 atom stereocenters. The van der Waals surface area contributed by atoms with Gasteiger partial charge in [-0.1, -0.05) is 0 Å². The Labute approximate surface area is 144 Å². The Balaban J connectivity index is 2.29. The van der Waals surface area contributed by atoms with Gasteiger partial charge < -0.3 is 34.8 Å². The number of carbonyl (C=O) groups excluding carboxylic acids is 2. The van der Waals surface area contributed by atoms with E-state index in [1.54, 1.807) is 0 Å². The van der Waals surface area contributed by atoms with E-state index in [0.717, 1.165) is 0 Å². The second-order valence-corrected chi connectivity index (χ2v) is 5.58. The molecule has 0 bridgehead atoms. The molecule has 1 aliphatic rings. The van der Waals surface area contributed by atoms with Gasteiger partial charge in [0.15, 0.2) is 11.5 Å². The van der Waals surface area contributed by atoms with Gasteiger partial charge in [0.25, 0.3) is 0 Å². The highest BCUT2D eigenvalue weighted by molar-refractivity contribution is 5.76. The Kier molecular flexibility index (Phi) is 6.32. The Morgan fingerprint density at radius 1 is 1.32 bits per heavy atom. The number of aliphatic hydroxyl groups is 3. The van der Waals surface area contributed by atoms with Crippen LogP contribution in [0, 0.1) is 0 Å². The fourth-order valence-electron chi connectivity index (χ4n) is 2.55. The van der Waals surface area contributed by atoms with E-state index in [4.69, 9.17) is 14.2 Å². The molecule has 1 amide bonds. The van der Waals surface area contributed by atoms with Gasteiger partial charge in [0.05, 0.1) is 13.7 Å². The van der Waals surface area contributed by atoms with Crippen molar-refractivity contribution in [2.24, 2.45) is 0 Å². The molecule has 1 aromatic rings. The van der Waals surface area contributed by atoms with Gasteiger partial charge in [-0.15, -0.1) is 0 Å². The second kappa shape index (κ2) is 8.26. The fraction of sp³-hybridized carbons (Fsp3) is 0.500. The summed E-state index contributed by atoms with van der Waals surface area (Å²) < 4.78 is 16.3. The molecule has 25 heavy (non-hydrogen) atoms. The van der Waals surface area contributed by atoms with Crippen molar-refractivity contribution in [1.82, 2.24) is 5.32 Å². The number of rotatable bonds is 6. The van der Waals surface area contributed by atoms with Crippen LogP contribution in [-0.2, 0) is 9.53 Å². The molecule has 0 saturated carbocycles. The second-order valence-electron chi connectivity index (χ2n) is 5.58. The van der Waals surface area contributed by atoms with Crippen molar-refractivity contribution >= 4 is 12.2 Å². The van der Waals surface area contributed by atoms with E-state index < -0.39 is 43.2 Å². The Bertz CT molecular complexity index is 622. The van der Waals surface area contributed by atoms with Gasteiger partial charge in [-0.3, -0.25) is 9.59 Å². The van der Waals surface area contributed by atoms with E-state index in [9.17, 15) is 24.9 Å². The minimum atomic E-state index is -1.42. The van der Waals surface area contributed by atoms with Crippen LogP contribution >= 0.6 is 0 Å². The van der Waals surface area contributed by atoms with E-state index in [-0.39, 0.29) is 11.5 Å². The van der Waals surface area contributed by atoms with Crippen LogP contribution in [0.3, 0.4) is 0 Å². The van der Waals surface area contributed by atoms with Crippen molar-refractivity contribution in [2.45, 2.75) is 37.6 Å². The first-order valence-corrected chi connectivity index (χ1v) is 7.60. The predicted molar refractivity (Wildman–Crippen MR) is 84.4 cm³/mol. The lowest BCUT2D eigenvalue weighted by molar-refractivity contribution is -0.244. The van der Waals surface area contributed by atoms with Gasteiger partial charge >= 0.3 is 0 Å².